The zero-order valence-electron chi connectivity index (χ0n) is 12.8. The second-order valence-electron chi connectivity index (χ2n) is 6.46. The molecule has 1 aliphatic rings. The van der Waals surface area contributed by atoms with E-state index >= 15 is 0 Å². The van der Waals surface area contributed by atoms with Crippen LogP contribution in [-0.2, 0) is 6.54 Å². The zero-order chi connectivity index (χ0) is 13.9. The molecule has 0 spiro atoms. The van der Waals surface area contributed by atoms with Gasteiger partial charge in [-0.15, -0.1) is 0 Å². The van der Waals surface area contributed by atoms with Crippen LogP contribution in [0.15, 0.2) is 22.8 Å². The number of hydrogen-bond acceptors (Lipinski definition) is 3. The maximum absolute atomic E-state index is 5.47. The second kappa shape index (κ2) is 6.10. The van der Waals surface area contributed by atoms with E-state index in [0.717, 1.165) is 31.3 Å². The monoisotopic (exact) mass is 264 g/mol. The fraction of sp³-hybridized carbons (Fsp3) is 0.750. The average Bonchev–Trinajstić information content (AvgIpc) is 2.96. The Morgan fingerprint density at radius 1 is 1.47 bits per heavy atom. The number of hydrogen-bond donors (Lipinski definition) is 1. The van der Waals surface area contributed by atoms with Gasteiger partial charge in [0.15, 0.2) is 0 Å². The molecule has 1 aromatic heterocycles. The second-order valence-corrected chi connectivity index (χ2v) is 6.46. The highest BCUT2D eigenvalue weighted by Crippen LogP contribution is 2.41. The normalized spacial score (nSPS) is 26.2. The molecule has 3 heteroatoms. The smallest absolute Gasteiger partial charge is 0.117 e. The van der Waals surface area contributed by atoms with Gasteiger partial charge in [0.1, 0.15) is 5.76 Å². The van der Waals surface area contributed by atoms with Crippen molar-refractivity contribution in [2.24, 2.45) is 11.3 Å². The van der Waals surface area contributed by atoms with Crippen LogP contribution in [0.3, 0.4) is 0 Å². The van der Waals surface area contributed by atoms with Crippen molar-refractivity contribution < 1.29 is 4.42 Å². The number of furan rings is 1. The summed E-state index contributed by atoms with van der Waals surface area (Å²) in [6.45, 7) is 10.2. The molecule has 1 aromatic rings. The molecule has 1 N–H and O–H groups in total. The minimum absolute atomic E-state index is 0.420. The fourth-order valence-corrected chi connectivity index (χ4v) is 3.60. The Bertz CT molecular complexity index is 372. The van der Waals surface area contributed by atoms with Crippen LogP contribution in [0.5, 0.6) is 0 Å². The molecule has 0 aliphatic heterocycles. The Morgan fingerprint density at radius 2 is 2.26 bits per heavy atom. The van der Waals surface area contributed by atoms with Gasteiger partial charge in [0, 0.05) is 12.6 Å². The van der Waals surface area contributed by atoms with E-state index in [0.29, 0.717) is 11.5 Å². The molecular weight excluding hydrogens is 236 g/mol. The van der Waals surface area contributed by atoms with E-state index in [1.54, 1.807) is 6.26 Å². The largest absolute Gasteiger partial charge is 0.468 e. The van der Waals surface area contributed by atoms with E-state index < -0.39 is 0 Å². The lowest BCUT2D eigenvalue weighted by Crippen LogP contribution is -2.44. The van der Waals surface area contributed by atoms with Crippen molar-refractivity contribution in [3.05, 3.63) is 24.2 Å². The first-order valence-electron chi connectivity index (χ1n) is 7.49. The third-order valence-corrected chi connectivity index (χ3v) is 4.68. The van der Waals surface area contributed by atoms with Crippen molar-refractivity contribution in [2.45, 2.75) is 46.2 Å². The van der Waals surface area contributed by atoms with Crippen LogP contribution >= 0.6 is 0 Å². The average molecular weight is 264 g/mol. The van der Waals surface area contributed by atoms with Gasteiger partial charge in [-0.3, -0.25) is 4.90 Å². The van der Waals surface area contributed by atoms with E-state index in [4.69, 9.17) is 4.42 Å². The van der Waals surface area contributed by atoms with Crippen LogP contribution in [0.2, 0.25) is 0 Å². The van der Waals surface area contributed by atoms with Crippen molar-refractivity contribution >= 4 is 0 Å². The molecule has 3 nitrogen and oxygen atoms in total. The maximum Gasteiger partial charge on any atom is 0.117 e. The van der Waals surface area contributed by atoms with Crippen molar-refractivity contribution in [1.29, 1.82) is 0 Å². The molecule has 0 amide bonds. The summed E-state index contributed by atoms with van der Waals surface area (Å²) >= 11 is 0. The minimum atomic E-state index is 0.420. The molecule has 0 saturated heterocycles. The first kappa shape index (κ1) is 14.6. The summed E-state index contributed by atoms with van der Waals surface area (Å²) in [5.74, 6) is 1.81. The molecule has 1 aliphatic carbocycles. The molecule has 0 bridgehead atoms. The van der Waals surface area contributed by atoms with Crippen LogP contribution in [0.1, 0.15) is 39.4 Å². The van der Waals surface area contributed by atoms with Crippen molar-refractivity contribution in [2.75, 3.05) is 20.1 Å². The quantitative estimate of drug-likeness (QED) is 0.855. The Morgan fingerprint density at radius 3 is 2.84 bits per heavy atom. The first-order chi connectivity index (χ1) is 9.06. The van der Waals surface area contributed by atoms with E-state index in [1.165, 1.54) is 12.8 Å². The third kappa shape index (κ3) is 3.40. The summed E-state index contributed by atoms with van der Waals surface area (Å²) in [7, 11) is 2.10. The van der Waals surface area contributed by atoms with E-state index in [9.17, 15) is 0 Å². The summed E-state index contributed by atoms with van der Waals surface area (Å²) in [6, 6.07) is 4.66. The van der Waals surface area contributed by atoms with E-state index in [2.05, 4.69) is 44.1 Å². The molecule has 108 valence electrons. The summed E-state index contributed by atoms with van der Waals surface area (Å²) in [6.07, 6.45) is 4.41. The molecular formula is C16H28N2O. The molecule has 1 fully saturated rings. The molecule has 0 aromatic carbocycles. The third-order valence-electron chi connectivity index (χ3n) is 4.68. The molecule has 2 rings (SSSR count). The highest BCUT2D eigenvalue weighted by atomic mass is 16.3. The van der Waals surface area contributed by atoms with Gasteiger partial charge in [-0.05, 0) is 49.9 Å². The van der Waals surface area contributed by atoms with Gasteiger partial charge in [0.05, 0.1) is 12.8 Å². The van der Waals surface area contributed by atoms with Crippen molar-refractivity contribution in [3.63, 3.8) is 0 Å². The SMILES string of the molecule is CCN(Cc1ccco1)CC1CCC(C)(C)C1NC. The lowest BCUT2D eigenvalue weighted by molar-refractivity contribution is 0.180. The van der Waals surface area contributed by atoms with E-state index in [1.807, 2.05) is 6.07 Å². The number of nitrogens with one attached hydrogen (secondary N) is 1. The first-order valence-corrected chi connectivity index (χ1v) is 7.49. The molecule has 0 radical (unpaired) electrons. The minimum Gasteiger partial charge on any atom is -0.468 e. The molecule has 2 atom stereocenters. The summed E-state index contributed by atoms with van der Waals surface area (Å²) in [5.41, 5.74) is 0.420. The van der Waals surface area contributed by atoms with Gasteiger partial charge in [0.2, 0.25) is 0 Å². The number of nitrogens with zero attached hydrogens (tertiary/aromatic N) is 1. The van der Waals surface area contributed by atoms with Crippen molar-refractivity contribution in [3.8, 4) is 0 Å². The van der Waals surface area contributed by atoms with Crippen LogP contribution in [0.4, 0.5) is 0 Å². The predicted octanol–water partition coefficient (Wildman–Crippen LogP) is 3.13. The zero-order valence-corrected chi connectivity index (χ0v) is 12.8. The predicted molar refractivity (Wildman–Crippen MR) is 79.0 cm³/mol. The van der Waals surface area contributed by atoms with Crippen LogP contribution in [-0.4, -0.2) is 31.1 Å². The summed E-state index contributed by atoms with van der Waals surface area (Å²) in [4.78, 5) is 2.50. The highest BCUT2D eigenvalue weighted by molar-refractivity contribution is 5.00. The maximum atomic E-state index is 5.47. The van der Waals surface area contributed by atoms with Gasteiger partial charge in [-0.1, -0.05) is 20.8 Å². The molecule has 1 heterocycles. The van der Waals surface area contributed by atoms with Gasteiger partial charge in [0.25, 0.3) is 0 Å². The highest BCUT2D eigenvalue weighted by Gasteiger charge is 2.41. The van der Waals surface area contributed by atoms with Gasteiger partial charge in [-0.25, -0.2) is 0 Å². The van der Waals surface area contributed by atoms with Crippen LogP contribution in [0, 0.1) is 11.3 Å². The molecule has 19 heavy (non-hydrogen) atoms. The Balaban J connectivity index is 1.95. The molecule has 2 unspecified atom stereocenters. The lowest BCUT2D eigenvalue weighted by Gasteiger charge is -2.33. The Hall–Kier alpha value is -0.800. The summed E-state index contributed by atoms with van der Waals surface area (Å²) in [5, 5.41) is 3.54. The van der Waals surface area contributed by atoms with Crippen molar-refractivity contribution in [1.82, 2.24) is 10.2 Å². The van der Waals surface area contributed by atoms with Crippen LogP contribution < -0.4 is 5.32 Å². The van der Waals surface area contributed by atoms with Crippen LogP contribution in [0.25, 0.3) is 0 Å². The topological polar surface area (TPSA) is 28.4 Å². The summed E-state index contributed by atoms with van der Waals surface area (Å²) < 4.78 is 5.47. The molecule has 1 saturated carbocycles. The fourth-order valence-electron chi connectivity index (χ4n) is 3.60. The standard InChI is InChI=1S/C16H28N2O/c1-5-18(12-14-7-6-10-19-14)11-13-8-9-16(2,3)15(13)17-4/h6-7,10,13,15,17H,5,8-9,11-12H2,1-4H3. The van der Waals surface area contributed by atoms with Gasteiger partial charge < -0.3 is 9.73 Å². The van der Waals surface area contributed by atoms with Gasteiger partial charge in [-0.2, -0.15) is 0 Å². The Kier molecular flexibility index (Phi) is 4.69. The van der Waals surface area contributed by atoms with Gasteiger partial charge >= 0.3 is 0 Å². The Labute approximate surface area is 117 Å². The van der Waals surface area contributed by atoms with E-state index in [-0.39, 0.29) is 0 Å². The lowest BCUT2D eigenvalue weighted by atomic mass is 9.85. The number of rotatable bonds is 6.